The van der Waals surface area contributed by atoms with Crippen LogP contribution < -0.4 is 5.32 Å². The van der Waals surface area contributed by atoms with Gasteiger partial charge < -0.3 is 10.1 Å². The van der Waals surface area contributed by atoms with Gasteiger partial charge in [-0.15, -0.1) is 0 Å². The topological polar surface area (TPSA) is 64.4 Å². The van der Waals surface area contributed by atoms with Crippen molar-refractivity contribution in [1.82, 2.24) is 5.32 Å². The first-order chi connectivity index (χ1) is 8.46. The van der Waals surface area contributed by atoms with E-state index in [0.717, 1.165) is 13.0 Å². The summed E-state index contributed by atoms with van der Waals surface area (Å²) in [7, 11) is 1.68. The molecule has 0 aliphatic heterocycles. The van der Waals surface area contributed by atoms with Gasteiger partial charge in [-0.05, 0) is 26.8 Å². The van der Waals surface area contributed by atoms with Crippen molar-refractivity contribution in [3.05, 3.63) is 39.9 Å². The summed E-state index contributed by atoms with van der Waals surface area (Å²) in [6, 6.07) is 6.78. The molecule has 0 saturated heterocycles. The lowest BCUT2D eigenvalue weighted by Crippen LogP contribution is -2.28. The van der Waals surface area contributed by atoms with E-state index in [2.05, 4.69) is 5.32 Å². The second kappa shape index (κ2) is 6.47. The number of nitrogens with zero attached hydrogens (tertiary/aromatic N) is 1. The van der Waals surface area contributed by atoms with Gasteiger partial charge in [-0.1, -0.05) is 18.2 Å². The first-order valence-electron chi connectivity index (χ1n) is 5.94. The summed E-state index contributed by atoms with van der Waals surface area (Å²) in [6.45, 7) is 5.28. The molecule has 0 atom stereocenters. The number of rotatable bonds is 7. The first kappa shape index (κ1) is 14.6. The molecule has 18 heavy (non-hydrogen) atoms. The quantitative estimate of drug-likeness (QED) is 0.460. The molecule has 0 amide bonds. The van der Waals surface area contributed by atoms with Crippen LogP contribution in [0.5, 0.6) is 0 Å². The van der Waals surface area contributed by atoms with Crippen LogP contribution in [0.1, 0.15) is 25.8 Å². The summed E-state index contributed by atoms with van der Waals surface area (Å²) in [5.74, 6) is 0. The Morgan fingerprint density at radius 2 is 2.06 bits per heavy atom. The molecule has 1 aromatic carbocycles. The maximum absolute atomic E-state index is 10.8. The zero-order valence-corrected chi connectivity index (χ0v) is 11.1. The minimum atomic E-state index is -0.351. The third-order valence-electron chi connectivity index (χ3n) is 2.96. The zero-order chi connectivity index (χ0) is 13.6. The number of nitro benzene ring substituents is 1. The molecular weight excluding hydrogens is 232 g/mol. The summed E-state index contributed by atoms with van der Waals surface area (Å²) >= 11 is 0. The number of ether oxygens (including phenoxy) is 1. The summed E-state index contributed by atoms with van der Waals surface area (Å²) < 4.78 is 5.30. The van der Waals surface area contributed by atoms with Crippen LogP contribution in [0.2, 0.25) is 0 Å². The Balaban J connectivity index is 2.47. The first-order valence-corrected chi connectivity index (χ1v) is 5.94. The molecule has 1 N–H and O–H groups in total. The molecule has 1 aromatic rings. The number of methoxy groups -OCH3 is 1. The molecule has 0 aliphatic carbocycles. The molecule has 0 saturated carbocycles. The second-order valence-electron chi connectivity index (χ2n) is 4.78. The fourth-order valence-electron chi connectivity index (χ4n) is 1.55. The highest BCUT2D eigenvalue weighted by atomic mass is 16.6. The zero-order valence-electron chi connectivity index (χ0n) is 11.1. The van der Waals surface area contributed by atoms with Gasteiger partial charge in [0.2, 0.25) is 0 Å². The number of hydrogen-bond acceptors (Lipinski definition) is 4. The Morgan fingerprint density at radius 1 is 1.39 bits per heavy atom. The molecule has 100 valence electrons. The largest absolute Gasteiger partial charge is 0.379 e. The minimum absolute atomic E-state index is 0.163. The molecule has 0 unspecified atom stereocenters. The van der Waals surface area contributed by atoms with Crippen molar-refractivity contribution in [2.24, 2.45) is 0 Å². The van der Waals surface area contributed by atoms with Crippen LogP contribution >= 0.6 is 0 Å². The van der Waals surface area contributed by atoms with E-state index in [-0.39, 0.29) is 16.2 Å². The Kier molecular flexibility index (Phi) is 5.25. The van der Waals surface area contributed by atoms with E-state index in [9.17, 15) is 10.1 Å². The Hall–Kier alpha value is -1.46. The highest BCUT2D eigenvalue weighted by Gasteiger charge is 2.16. The van der Waals surface area contributed by atoms with E-state index in [1.807, 2.05) is 19.9 Å². The third-order valence-corrected chi connectivity index (χ3v) is 2.96. The molecule has 0 spiro atoms. The maximum atomic E-state index is 10.8. The van der Waals surface area contributed by atoms with E-state index in [0.29, 0.717) is 12.1 Å². The summed E-state index contributed by atoms with van der Waals surface area (Å²) in [5, 5.41) is 14.0. The van der Waals surface area contributed by atoms with Crippen LogP contribution in [-0.2, 0) is 11.3 Å². The number of nitro groups is 1. The normalized spacial score (nSPS) is 11.5. The van der Waals surface area contributed by atoms with Crippen molar-refractivity contribution >= 4 is 5.69 Å². The molecule has 5 heteroatoms. The van der Waals surface area contributed by atoms with Crippen LogP contribution in [0.25, 0.3) is 0 Å². The third kappa shape index (κ3) is 4.43. The lowest BCUT2D eigenvalue weighted by atomic mass is 10.1. The van der Waals surface area contributed by atoms with Crippen LogP contribution in [0.15, 0.2) is 24.3 Å². The van der Waals surface area contributed by atoms with Crippen molar-refractivity contribution in [1.29, 1.82) is 0 Å². The fourth-order valence-corrected chi connectivity index (χ4v) is 1.55. The summed E-state index contributed by atoms with van der Waals surface area (Å²) in [4.78, 5) is 10.5. The molecule has 0 aliphatic rings. The van der Waals surface area contributed by atoms with Gasteiger partial charge in [0.25, 0.3) is 5.69 Å². The van der Waals surface area contributed by atoms with Crippen LogP contribution in [-0.4, -0.2) is 24.2 Å². The minimum Gasteiger partial charge on any atom is -0.379 e. The smallest absolute Gasteiger partial charge is 0.273 e. The number of benzene rings is 1. The number of hydrogen-bond donors (Lipinski definition) is 1. The molecule has 0 radical (unpaired) electrons. The molecular formula is C13H20N2O3. The van der Waals surface area contributed by atoms with E-state index in [4.69, 9.17) is 4.74 Å². The van der Waals surface area contributed by atoms with Gasteiger partial charge in [0.05, 0.1) is 10.5 Å². The molecule has 0 bridgehead atoms. The average Bonchev–Trinajstić information content (AvgIpc) is 2.35. The van der Waals surface area contributed by atoms with Crippen molar-refractivity contribution in [3.8, 4) is 0 Å². The van der Waals surface area contributed by atoms with Crippen molar-refractivity contribution in [2.75, 3.05) is 13.7 Å². The van der Waals surface area contributed by atoms with Gasteiger partial charge in [-0.3, -0.25) is 10.1 Å². The van der Waals surface area contributed by atoms with Crippen molar-refractivity contribution in [2.45, 2.75) is 32.4 Å². The van der Waals surface area contributed by atoms with Crippen molar-refractivity contribution in [3.63, 3.8) is 0 Å². The Bertz CT molecular complexity index is 405. The highest BCUT2D eigenvalue weighted by molar-refractivity contribution is 5.39. The SMILES string of the molecule is COC(C)(C)CCNCc1ccccc1[N+](=O)[O-]. The lowest BCUT2D eigenvalue weighted by molar-refractivity contribution is -0.385. The molecule has 5 nitrogen and oxygen atoms in total. The van der Waals surface area contributed by atoms with Crippen LogP contribution in [0, 0.1) is 10.1 Å². The molecule has 1 rings (SSSR count). The highest BCUT2D eigenvalue weighted by Crippen LogP contribution is 2.17. The van der Waals surface area contributed by atoms with Gasteiger partial charge in [0, 0.05) is 25.3 Å². The van der Waals surface area contributed by atoms with Gasteiger partial charge in [-0.2, -0.15) is 0 Å². The standard InChI is InChI=1S/C13H20N2O3/c1-13(2,18-3)8-9-14-10-11-6-4-5-7-12(11)15(16)17/h4-7,14H,8-10H2,1-3H3. The van der Waals surface area contributed by atoms with Gasteiger partial charge >= 0.3 is 0 Å². The predicted octanol–water partition coefficient (Wildman–Crippen LogP) is 2.50. The maximum Gasteiger partial charge on any atom is 0.273 e. The predicted molar refractivity (Wildman–Crippen MR) is 70.5 cm³/mol. The van der Waals surface area contributed by atoms with E-state index >= 15 is 0 Å². The molecule has 0 heterocycles. The number of para-hydroxylation sites is 1. The fraction of sp³-hybridized carbons (Fsp3) is 0.538. The van der Waals surface area contributed by atoms with Crippen molar-refractivity contribution < 1.29 is 9.66 Å². The van der Waals surface area contributed by atoms with Gasteiger partial charge in [0.15, 0.2) is 0 Å². The second-order valence-corrected chi connectivity index (χ2v) is 4.78. The van der Waals surface area contributed by atoms with Gasteiger partial charge in [0.1, 0.15) is 0 Å². The van der Waals surface area contributed by atoms with Crippen LogP contribution in [0.3, 0.4) is 0 Å². The molecule has 0 fully saturated rings. The number of nitrogens with one attached hydrogen (secondary N) is 1. The lowest BCUT2D eigenvalue weighted by Gasteiger charge is -2.22. The van der Waals surface area contributed by atoms with Crippen LogP contribution in [0.4, 0.5) is 5.69 Å². The van der Waals surface area contributed by atoms with E-state index < -0.39 is 0 Å². The monoisotopic (exact) mass is 252 g/mol. The average molecular weight is 252 g/mol. The molecule has 0 aromatic heterocycles. The van der Waals surface area contributed by atoms with E-state index in [1.165, 1.54) is 6.07 Å². The summed E-state index contributed by atoms with van der Waals surface area (Å²) in [5.41, 5.74) is 0.698. The Labute approximate surface area is 107 Å². The summed E-state index contributed by atoms with van der Waals surface area (Å²) in [6.07, 6.45) is 0.851. The van der Waals surface area contributed by atoms with Gasteiger partial charge in [-0.25, -0.2) is 0 Å². The Morgan fingerprint density at radius 3 is 2.67 bits per heavy atom. The van der Waals surface area contributed by atoms with E-state index in [1.54, 1.807) is 19.2 Å².